The highest BCUT2D eigenvalue weighted by molar-refractivity contribution is 5.79. The number of nitrogens with one attached hydrogen (secondary N) is 2. The van der Waals surface area contributed by atoms with Crippen molar-refractivity contribution >= 4 is 16.9 Å². The molecule has 2 fully saturated rings. The van der Waals surface area contributed by atoms with Gasteiger partial charge in [0.15, 0.2) is 11.6 Å². The quantitative estimate of drug-likeness (QED) is 0.245. The smallest absolute Gasteiger partial charge is 0.329 e. The molecular formula is C33H32F5N5O2. The summed E-state index contributed by atoms with van der Waals surface area (Å²) >= 11 is 0. The molecule has 236 valence electrons. The molecule has 2 atom stereocenters. The molecule has 2 aliphatic heterocycles. The molecule has 7 rings (SSSR count). The van der Waals surface area contributed by atoms with Crippen LogP contribution in [0.5, 0.6) is 0 Å². The number of amides is 2. The largest absolute Gasteiger partial charge is 0.399 e. The Balaban J connectivity index is 1.12. The van der Waals surface area contributed by atoms with Crippen LogP contribution in [0.1, 0.15) is 79.0 Å². The van der Waals surface area contributed by atoms with Crippen molar-refractivity contribution < 1.29 is 26.7 Å². The van der Waals surface area contributed by atoms with Gasteiger partial charge in [0.1, 0.15) is 11.2 Å². The second-order valence-electron chi connectivity index (χ2n) is 12.5. The maximum atomic E-state index is 14.9. The van der Waals surface area contributed by atoms with Gasteiger partial charge in [-0.3, -0.25) is 4.79 Å². The van der Waals surface area contributed by atoms with Crippen LogP contribution in [0, 0.1) is 11.6 Å². The summed E-state index contributed by atoms with van der Waals surface area (Å²) in [6.45, 7) is 0.772. The van der Waals surface area contributed by atoms with Gasteiger partial charge in [0, 0.05) is 42.8 Å². The number of pyridine rings is 1. The van der Waals surface area contributed by atoms with Crippen LogP contribution in [0.15, 0.2) is 59.5 Å². The maximum Gasteiger partial charge on any atom is 0.399 e. The number of carbonyl (C=O) groups is 1. The van der Waals surface area contributed by atoms with E-state index < -0.39 is 35.2 Å². The van der Waals surface area contributed by atoms with Crippen molar-refractivity contribution in [3.63, 3.8) is 0 Å². The third kappa shape index (κ3) is 5.17. The first-order valence-electron chi connectivity index (χ1n) is 15.3. The summed E-state index contributed by atoms with van der Waals surface area (Å²) in [6, 6.07) is 12.2. The number of rotatable bonds is 4. The van der Waals surface area contributed by atoms with E-state index >= 15 is 0 Å². The molecule has 4 heterocycles. The van der Waals surface area contributed by atoms with Crippen LogP contribution in [0.2, 0.25) is 0 Å². The molecular weight excluding hydrogens is 593 g/mol. The molecule has 3 aliphatic rings. The number of para-hydroxylation sites is 1. The van der Waals surface area contributed by atoms with E-state index in [9.17, 15) is 31.5 Å². The average molecular weight is 626 g/mol. The van der Waals surface area contributed by atoms with E-state index in [4.69, 9.17) is 0 Å². The van der Waals surface area contributed by atoms with Crippen LogP contribution in [0.4, 0.5) is 26.7 Å². The molecule has 1 saturated heterocycles. The molecule has 2 aromatic heterocycles. The van der Waals surface area contributed by atoms with Crippen LogP contribution in [-0.4, -0.2) is 44.7 Å². The predicted molar refractivity (Wildman–Crippen MR) is 157 cm³/mol. The summed E-state index contributed by atoms with van der Waals surface area (Å²) in [5.41, 5.74) is -0.650. The Morgan fingerprint density at radius 1 is 0.956 bits per heavy atom. The molecule has 2 amide bonds. The molecule has 7 nitrogen and oxygen atoms in total. The number of urea groups is 1. The van der Waals surface area contributed by atoms with E-state index in [1.807, 2.05) is 30.3 Å². The Morgan fingerprint density at radius 2 is 1.71 bits per heavy atom. The van der Waals surface area contributed by atoms with Gasteiger partial charge in [-0.2, -0.15) is 13.2 Å². The molecule has 12 heteroatoms. The minimum absolute atomic E-state index is 0.00520. The normalized spacial score (nSPS) is 21.8. The lowest BCUT2D eigenvalue weighted by atomic mass is 9.89. The van der Waals surface area contributed by atoms with Crippen molar-refractivity contribution in [1.29, 1.82) is 0 Å². The van der Waals surface area contributed by atoms with E-state index in [1.54, 1.807) is 4.90 Å². The monoisotopic (exact) mass is 625 g/mol. The first-order chi connectivity index (χ1) is 21.6. The van der Waals surface area contributed by atoms with Crippen molar-refractivity contribution in [1.82, 2.24) is 24.8 Å². The van der Waals surface area contributed by atoms with Crippen molar-refractivity contribution in [2.75, 3.05) is 13.1 Å². The zero-order valence-corrected chi connectivity index (χ0v) is 24.3. The summed E-state index contributed by atoms with van der Waals surface area (Å²) < 4.78 is 73.2. The van der Waals surface area contributed by atoms with Gasteiger partial charge in [-0.05, 0) is 73.6 Å². The van der Waals surface area contributed by atoms with E-state index in [-0.39, 0.29) is 60.4 Å². The number of imidazole rings is 1. The van der Waals surface area contributed by atoms with Crippen molar-refractivity contribution in [3.05, 3.63) is 99.4 Å². The molecule has 2 N–H and O–H groups in total. The van der Waals surface area contributed by atoms with Gasteiger partial charge >= 0.3 is 12.2 Å². The number of likely N-dealkylation sites (tertiary alicyclic amines) is 1. The van der Waals surface area contributed by atoms with Gasteiger partial charge in [-0.25, -0.2) is 18.6 Å². The lowest BCUT2D eigenvalue weighted by Crippen LogP contribution is -2.46. The van der Waals surface area contributed by atoms with Crippen LogP contribution in [0.25, 0.3) is 10.9 Å². The van der Waals surface area contributed by atoms with Gasteiger partial charge in [-0.15, -0.1) is 0 Å². The van der Waals surface area contributed by atoms with Crippen LogP contribution >= 0.6 is 0 Å². The first-order valence-corrected chi connectivity index (χ1v) is 15.3. The molecule has 0 radical (unpaired) electrons. The van der Waals surface area contributed by atoms with Crippen LogP contribution in [-0.2, 0) is 12.0 Å². The Hall–Kier alpha value is -4.22. The van der Waals surface area contributed by atoms with Crippen LogP contribution in [0.3, 0.4) is 0 Å². The number of benzene rings is 2. The number of aromatic nitrogens is 3. The summed E-state index contributed by atoms with van der Waals surface area (Å²) in [4.78, 5) is 35.3. The highest BCUT2D eigenvalue weighted by atomic mass is 19.4. The summed E-state index contributed by atoms with van der Waals surface area (Å²) in [5, 5.41) is 3.92. The standard InChI is InChI=1S/C33H32F5N5O2/c34-24-6-3-5-22(28(24)35)21-8-9-26(29-39-17-27(43(29)18-21)32(12-13-32)33(36,37)38)41-31(45)42-14-10-19(11-15-42)23-16-20-4-1-2-7-25(20)40-30(23)44/h1-7,16-17,19,21,26H,8-15,18H2,(H,40,44)(H,41,45)/t21-,26-/m1/s1. The number of H-pyrrole nitrogens is 1. The Labute approximate surface area is 255 Å². The fourth-order valence-electron chi connectivity index (χ4n) is 7.19. The van der Waals surface area contributed by atoms with Gasteiger partial charge < -0.3 is 19.8 Å². The van der Waals surface area contributed by atoms with Crippen molar-refractivity contribution in [3.8, 4) is 0 Å². The second kappa shape index (κ2) is 11.0. The first kappa shape index (κ1) is 29.5. The van der Waals surface area contributed by atoms with Gasteiger partial charge in [0.2, 0.25) is 0 Å². The number of nitrogens with zero attached hydrogens (tertiary/aromatic N) is 3. The summed E-state index contributed by atoms with van der Waals surface area (Å²) in [7, 11) is 0. The molecule has 0 bridgehead atoms. The van der Waals surface area contributed by atoms with Crippen LogP contribution < -0.4 is 10.9 Å². The molecule has 4 aromatic rings. The molecule has 2 aromatic carbocycles. The number of hydrogen-bond acceptors (Lipinski definition) is 3. The number of halogens is 5. The highest BCUT2D eigenvalue weighted by Crippen LogP contribution is 2.59. The minimum Gasteiger partial charge on any atom is -0.329 e. The van der Waals surface area contributed by atoms with Gasteiger partial charge in [0.25, 0.3) is 5.56 Å². The molecule has 1 aliphatic carbocycles. The average Bonchev–Trinajstić information content (AvgIpc) is 3.77. The molecule has 0 spiro atoms. The third-order valence-corrected chi connectivity index (χ3v) is 9.91. The number of alkyl halides is 3. The zero-order valence-electron chi connectivity index (χ0n) is 24.3. The third-order valence-electron chi connectivity index (χ3n) is 9.91. The van der Waals surface area contributed by atoms with E-state index in [0.29, 0.717) is 37.9 Å². The number of hydrogen-bond donors (Lipinski definition) is 2. The number of carbonyl (C=O) groups excluding carboxylic acids is 1. The van der Waals surface area contributed by atoms with E-state index in [0.717, 1.165) is 17.0 Å². The lowest BCUT2D eigenvalue weighted by Gasteiger charge is -2.33. The summed E-state index contributed by atoms with van der Waals surface area (Å²) in [6.07, 6.45) is -1.68. The molecule has 1 saturated carbocycles. The lowest BCUT2D eigenvalue weighted by molar-refractivity contribution is -0.162. The fraction of sp³-hybridized carbons (Fsp3) is 0.424. The molecule has 45 heavy (non-hydrogen) atoms. The van der Waals surface area contributed by atoms with E-state index in [2.05, 4.69) is 15.3 Å². The number of piperidine rings is 1. The summed E-state index contributed by atoms with van der Waals surface area (Å²) in [5.74, 6) is -2.39. The van der Waals surface area contributed by atoms with E-state index in [1.165, 1.54) is 22.9 Å². The molecule has 0 unspecified atom stereocenters. The highest BCUT2D eigenvalue weighted by Gasteiger charge is 2.66. The number of aromatic amines is 1. The number of fused-ring (bicyclic) bond motifs is 2. The van der Waals surface area contributed by atoms with Crippen molar-refractivity contribution in [2.24, 2.45) is 0 Å². The predicted octanol–water partition coefficient (Wildman–Crippen LogP) is 6.80. The Kier molecular flexibility index (Phi) is 7.20. The SMILES string of the molecule is O=C(N[C@@H]1CC[C@@H](c2cccc(F)c2F)Cn2c(C3(C(F)(F)F)CC3)cnc21)N1CCC(c2cc3ccccc3[nH]c2=O)CC1. The Morgan fingerprint density at radius 3 is 2.44 bits per heavy atom. The van der Waals surface area contributed by atoms with Crippen molar-refractivity contribution in [2.45, 2.75) is 74.5 Å². The zero-order chi connectivity index (χ0) is 31.5. The second-order valence-corrected chi connectivity index (χ2v) is 12.5. The maximum absolute atomic E-state index is 14.9. The Bertz CT molecular complexity index is 1820. The topological polar surface area (TPSA) is 83.0 Å². The fourth-order valence-corrected chi connectivity index (χ4v) is 7.19. The van der Waals surface area contributed by atoms with Gasteiger partial charge in [0.05, 0.1) is 11.7 Å². The minimum atomic E-state index is -4.49. The van der Waals surface area contributed by atoms with Gasteiger partial charge in [-0.1, -0.05) is 30.3 Å².